The summed E-state index contributed by atoms with van der Waals surface area (Å²) < 4.78 is 16.3. The maximum atomic E-state index is 12.0. The molecule has 1 amide bonds. The van der Waals surface area contributed by atoms with Crippen LogP contribution in [0, 0.1) is 5.41 Å². The Morgan fingerprint density at radius 3 is 2.79 bits per heavy atom. The topological polar surface area (TPSA) is 56.8 Å². The molecule has 1 aromatic carbocycles. The quantitative estimate of drug-likeness (QED) is 0.883. The van der Waals surface area contributed by atoms with Gasteiger partial charge in [-0.1, -0.05) is 19.1 Å². The number of hydrogen-bond donors (Lipinski definition) is 1. The fraction of sp³-hybridized carbons (Fsp3) is 0.500. The summed E-state index contributed by atoms with van der Waals surface area (Å²) in [7, 11) is 0. The molecule has 0 aromatic heterocycles. The van der Waals surface area contributed by atoms with Crippen LogP contribution in [0.2, 0.25) is 0 Å². The van der Waals surface area contributed by atoms with E-state index in [1.807, 2.05) is 18.2 Å². The maximum absolute atomic E-state index is 12.0. The van der Waals surface area contributed by atoms with Crippen LogP contribution >= 0.6 is 0 Å². The Hall–Kier alpha value is -1.75. The molecule has 2 aliphatic heterocycles. The van der Waals surface area contributed by atoms with Gasteiger partial charge in [-0.2, -0.15) is 0 Å². The summed E-state index contributed by atoms with van der Waals surface area (Å²) in [6.45, 7) is 4.32. The van der Waals surface area contributed by atoms with Crippen LogP contribution in [-0.2, 0) is 9.53 Å². The van der Waals surface area contributed by atoms with Crippen LogP contribution in [-0.4, -0.2) is 38.4 Å². The molecule has 2 heterocycles. The lowest BCUT2D eigenvalue weighted by molar-refractivity contribution is -0.135. The van der Waals surface area contributed by atoms with E-state index in [-0.39, 0.29) is 17.9 Å². The lowest BCUT2D eigenvalue weighted by atomic mass is 9.89. The third kappa shape index (κ3) is 2.51. The summed E-state index contributed by atoms with van der Waals surface area (Å²) in [6, 6.07) is 7.36. The average Bonchev–Trinajstić information content (AvgIpc) is 2.42. The summed E-state index contributed by atoms with van der Waals surface area (Å²) in [6.07, 6.45) is -0.584. The van der Waals surface area contributed by atoms with Crippen molar-refractivity contribution >= 4 is 5.91 Å². The van der Waals surface area contributed by atoms with E-state index in [1.54, 1.807) is 6.07 Å². The molecule has 1 atom stereocenters. The molecule has 1 saturated heterocycles. The van der Waals surface area contributed by atoms with Crippen molar-refractivity contribution in [3.63, 3.8) is 0 Å². The van der Waals surface area contributed by atoms with E-state index in [9.17, 15) is 4.79 Å². The molecule has 19 heavy (non-hydrogen) atoms. The molecule has 1 unspecified atom stereocenters. The molecule has 0 radical (unpaired) electrons. The van der Waals surface area contributed by atoms with Gasteiger partial charge in [-0.25, -0.2) is 0 Å². The average molecular weight is 263 g/mol. The van der Waals surface area contributed by atoms with E-state index in [0.29, 0.717) is 31.3 Å². The van der Waals surface area contributed by atoms with E-state index >= 15 is 0 Å². The SMILES string of the molecule is CC1(CNC(=O)C2COc3ccccc3O2)COC1. The molecular weight excluding hydrogens is 246 g/mol. The van der Waals surface area contributed by atoms with Crippen LogP contribution in [0.4, 0.5) is 0 Å². The largest absolute Gasteiger partial charge is 0.485 e. The highest BCUT2D eigenvalue weighted by Crippen LogP contribution is 2.31. The van der Waals surface area contributed by atoms with E-state index in [1.165, 1.54) is 0 Å². The Labute approximate surface area is 111 Å². The summed E-state index contributed by atoms with van der Waals surface area (Å²) >= 11 is 0. The fourth-order valence-corrected chi connectivity index (χ4v) is 2.12. The molecule has 0 bridgehead atoms. The predicted molar refractivity (Wildman–Crippen MR) is 68.3 cm³/mol. The molecular formula is C14H17NO4. The van der Waals surface area contributed by atoms with Gasteiger partial charge in [0.05, 0.1) is 13.2 Å². The number of benzene rings is 1. The number of para-hydroxylation sites is 2. The first-order valence-corrected chi connectivity index (χ1v) is 6.40. The zero-order valence-corrected chi connectivity index (χ0v) is 10.8. The molecule has 0 saturated carbocycles. The van der Waals surface area contributed by atoms with Gasteiger partial charge in [-0.15, -0.1) is 0 Å². The van der Waals surface area contributed by atoms with E-state index in [2.05, 4.69) is 12.2 Å². The number of ether oxygens (including phenoxy) is 3. The van der Waals surface area contributed by atoms with Gasteiger partial charge in [0.15, 0.2) is 11.5 Å². The van der Waals surface area contributed by atoms with Crippen LogP contribution in [0.15, 0.2) is 24.3 Å². The molecule has 102 valence electrons. The van der Waals surface area contributed by atoms with Gasteiger partial charge >= 0.3 is 0 Å². The lowest BCUT2D eigenvalue weighted by Gasteiger charge is -2.38. The van der Waals surface area contributed by atoms with Gasteiger partial charge in [0.25, 0.3) is 5.91 Å². The fourth-order valence-electron chi connectivity index (χ4n) is 2.12. The van der Waals surface area contributed by atoms with Crippen LogP contribution in [0.1, 0.15) is 6.92 Å². The van der Waals surface area contributed by atoms with E-state index < -0.39 is 6.10 Å². The number of nitrogens with one attached hydrogen (secondary N) is 1. The van der Waals surface area contributed by atoms with Crippen molar-refractivity contribution < 1.29 is 19.0 Å². The van der Waals surface area contributed by atoms with Crippen molar-refractivity contribution in [2.75, 3.05) is 26.4 Å². The number of hydrogen-bond acceptors (Lipinski definition) is 4. The summed E-state index contributed by atoms with van der Waals surface area (Å²) in [5, 5.41) is 2.90. The Balaban J connectivity index is 1.57. The number of rotatable bonds is 3. The van der Waals surface area contributed by atoms with Gasteiger partial charge in [0.2, 0.25) is 6.10 Å². The van der Waals surface area contributed by atoms with Crippen LogP contribution in [0.25, 0.3) is 0 Å². The third-order valence-electron chi connectivity index (χ3n) is 3.39. The van der Waals surface area contributed by atoms with E-state index in [0.717, 1.165) is 0 Å². The van der Waals surface area contributed by atoms with Gasteiger partial charge in [0, 0.05) is 12.0 Å². The van der Waals surface area contributed by atoms with Crippen LogP contribution in [0.5, 0.6) is 11.5 Å². The maximum Gasteiger partial charge on any atom is 0.264 e. The highest BCUT2D eigenvalue weighted by Gasteiger charge is 2.35. The molecule has 0 aliphatic carbocycles. The Morgan fingerprint density at radius 1 is 1.37 bits per heavy atom. The second kappa shape index (κ2) is 4.74. The van der Waals surface area contributed by atoms with Crippen molar-refractivity contribution in [1.82, 2.24) is 5.32 Å². The summed E-state index contributed by atoms with van der Waals surface area (Å²) in [5.74, 6) is 1.17. The van der Waals surface area contributed by atoms with Gasteiger partial charge in [0.1, 0.15) is 6.61 Å². The normalized spacial score (nSPS) is 23.3. The highest BCUT2D eigenvalue weighted by molar-refractivity contribution is 5.81. The van der Waals surface area contributed by atoms with Crippen LogP contribution in [0.3, 0.4) is 0 Å². The third-order valence-corrected chi connectivity index (χ3v) is 3.39. The highest BCUT2D eigenvalue weighted by atomic mass is 16.6. The molecule has 2 aliphatic rings. The van der Waals surface area contributed by atoms with Crippen molar-refractivity contribution in [3.05, 3.63) is 24.3 Å². The standard InChI is InChI=1S/C14H17NO4/c1-14(8-17-9-14)7-15-13(16)12-6-18-10-4-2-3-5-11(10)19-12/h2-5,12H,6-9H2,1H3,(H,15,16). The molecule has 0 spiro atoms. The molecule has 1 aromatic rings. The minimum atomic E-state index is -0.584. The van der Waals surface area contributed by atoms with Crippen molar-refractivity contribution in [3.8, 4) is 11.5 Å². The first-order valence-electron chi connectivity index (χ1n) is 6.40. The zero-order valence-electron chi connectivity index (χ0n) is 10.8. The smallest absolute Gasteiger partial charge is 0.264 e. The second-order valence-electron chi connectivity index (χ2n) is 5.39. The summed E-state index contributed by atoms with van der Waals surface area (Å²) in [4.78, 5) is 12.0. The summed E-state index contributed by atoms with van der Waals surface area (Å²) in [5.41, 5.74) is 0.0586. The number of amides is 1. The molecule has 5 nitrogen and oxygen atoms in total. The zero-order chi connectivity index (χ0) is 13.3. The molecule has 1 fully saturated rings. The van der Waals surface area contributed by atoms with Crippen LogP contribution < -0.4 is 14.8 Å². The number of carbonyl (C=O) groups is 1. The van der Waals surface area contributed by atoms with Crippen molar-refractivity contribution in [2.24, 2.45) is 5.41 Å². The Kier molecular flexibility index (Phi) is 3.06. The van der Waals surface area contributed by atoms with Gasteiger partial charge in [-0.05, 0) is 12.1 Å². The minimum Gasteiger partial charge on any atom is -0.485 e. The minimum absolute atomic E-state index is 0.0586. The monoisotopic (exact) mass is 263 g/mol. The number of carbonyl (C=O) groups excluding carboxylic acids is 1. The van der Waals surface area contributed by atoms with Gasteiger partial charge in [-0.3, -0.25) is 4.79 Å². The van der Waals surface area contributed by atoms with Crippen molar-refractivity contribution in [1.29, 1.82) is 0 Å². The molecule has 3 rings (SSSR count). The Bertz CT molecular complexity index is 484. The lowest BCUT2D eigenvalue weighted by Crippen LogP contribution is -2.52. The first kappa shape index (κ1) is 12.3. The predicted octanol–water partition coefficient (Wildman–Crippen LogP) is 0.979. The molecule has 5 heteroatoms. The van der Waals surface area contributed by atoms with Crippen molar-refractivity contribution in [2.45, 2.75) is 13.0 Å². The number of fused-ring (bicyclic) bond motifs is 1. The van der Waals surface area contributed by atoms with Gasteiger partial charge < -0.3 is 19.5 Å². The molecule has 1 N–H and O–H groups in total. The second-order valence-corrected chi connectivity index (χ2v) is 5.39. The first-order chi connectivity index (χ1) is 9.16. The van der Waals surface area contributed by atoms with E-state index in [4.69, 9.17) is 14.2 Å². The Morgan fingerprint density at radius 2 is 2.11 bits per heavy atom.